The van der Waals surface area contributed by atoms with Crippen LogP contribution in [0.5, 0.6) is 0 Å². The number of hydrogen-bond donors (Lipinski definition) is 1. The van der Waals surface area contributed by atoms with Gasteiger partial charge in [-0.2, -0.15) is 0 Å². The lowest BCUT2D eigenvalue weighted by atomic mass is 9.87. The van der Waals surface area contributed by atoms with Crippen molar-refractivity contribution in [1.29, 1.82) is 0 Å². The van der Waals surface area contributed by atoms with E-state index in [1.54, 1.807) is 12.3 Å². The zero-order valence-corrected chi connectivity index (χ0v) is 15.8. The lowest BCUT2D eigenvalue weighted by Gasteiger charge is -2.18. The molecule has 0 aliphatic rings. The molecule has 3 rings (SSSR count). The quantitative estimate of drug-likeness (QED) is 0.593. The first-order valence-corrected chi connectivity index (χ1v) is 8.85. The Morgan fingerprint density at radius 3 is 2.46 bits per heavy atom. The van der Waals surface area contributed by atoms with Gasteiger partial charge in [0.05, 0.1) is 22.4 Å². The second-order valence-electron chi connectivity index (χ2n) is 7.20. The maximum atomic E-state index is 12.2. The van der Waals surface area contributed by atoms with E-state index in [0.29, 0.717) is 10.7 Å². The van der Waals surface area contributed by atoms with Gasteiger partial charge < -0.3 is 5.32 Å². The molecule has 1 aromatic heterocycles. The molecule has 0 fully saturated rings. The molecule has 2 aromatic carbocycles. The number of nitrogens with zero attached hydrogens (tertiary/aromatic N) is 1. The van der Waals surface area contributed by atoms with Gasteiger partial charge in [0, 0.05) is 11.5 Å². The number of anilines is 1. The van der Waals surface area contributed by atoms with Gasteiger partial charge in [0.15, 0.2) is 0 Å². The van der Waals surface area contributed by atoms with Crippen LogP contribution in [-0.2, 0) is 10.2 Å². The van der Waals surface area contributed by atoms with Crippen LogP contribution in [0, 0.1) is 0 Å². The lowest BCUT2D eigenvalue weighted by Crippen LogP contribution is -2.10. The van der Waals surface area contributed by atoms with Gasteiger partial charge >= 0.3 is 0 Å². The summed E-state index contributed by atoms with van der Waals surface area (Å²) in [5.41, 5.74) is 3.64. The summed E-state index contributed by atoms with van der Waals surface area (Å²) < 4.78 is 0. The lowest BCUT2D eigenvalue weighted by molar-refractivity contribution is -0.111. The molecular weight excluding hydrogens is 344 g/mol. The van der Waals surface area contributed by atoms with Gasteiger partial charge in [-0.05, 0) is 28.7 Å². The van der Waals surface area contributed by atoms with Gasteiger partial charge in [-0.25, -0.2) is 0 Å². The fraction of sp³-hybridized carbons (Fsp3) is 0.182. The first kappa shape index (κ1) is 18.2. The number of amides is 1. The molecule has 0 unspecified atom stereocenters. The number of halogens is 1. The van der Waals surface area contributed by atoms with Crippen LogP contribution in [0.15, 0.2) is 60.8 Å². The second kappa shape index (κ2) is 7.30. The van der Waals surface area contributed by atoms with E-state index in [2.05, 4.69) is 43.2 Å². The normalized spacial score (nSPS) is 11.8. The highest BCUT2D eigenvalue weighted by Crippen LogP contribution is 2.29. The maximum Gasteiger partial charge on any atom is 0.248 e. The van der Waals surface area contributed by atoms with Crippen molar-refractivity contribution < 1.29 is 4.79 Å². The summed E-state index contributed by atoms with van der Waals surface area (Å²) in [7, 11) is 0. The Balaban J connectivity index is 1.73. The molecule has 0 radical (unpaired) electrons. The first-order chi connectivity index (χ1) is 12.3. The Labute approximate surface area is 158 Å². The van der Waals surface area contributed by atoms with Crippen LogP contribution in [0.3, 0.4) is 0 Å². The van der Waals surface area contributed by atoms with Crippen molar-refractivity contribution in [1.82, 2.24) is 4.98 Å². The number of para-hydroxylation sites is 1. The molecule has 132 valence electrons. The fourth-order valence-corrected chi connectivity index (χ4v) is 2.89. The van der Waals surface area contributed by atoms with Crippen molar-refractivity contribution in [2.75, 3.05) is 5.32 Å². The minimum atomic E-state index is -0.246. The maximum absolute atomic E-state index is 12.2. The molecule has 1 N–H and O–H groups in total. The third-order valence-corrected chi connectivity index (χ3v) is 4.58. The van der Waals surface area contributed by atoms with Crippen LogP contribution < -0.4 is 5.32 Å². The molecule has 0 aliphatic carbocycles. The smallest absolute Gasteiger partial charge is 0.248 e. The topological polar surface area (TPSA) is 42.0 Å². The molecule has 3 aromatic rings. The highest BCUT2D eigenvalue weighted by molar-refractivity contribution is 6.38. The van der Waals surface area contributed by atoms with E-state index >= 15 is 0 Å². The zero-order valence-electron chi connectivity index (χ0n) is 15.1. The Morgan fingerprint density at radius 2 is 1.77 bits per heavy atom. The molecular formula is C22H21ClN2O. The SMILES string of the molecule is CC(C)(C)c1ccc(C=CC(=O)Nc2cnc3ccccc3c2Cl)cc1. The summed E-state index contributed by atoms with van der Waals surface area (Å²) in [6.07, 6.45) is 4.86. The standard InChI is InChI=1S/C22H21ClN2O/c1-22(2,3)16-11-8-15(9-12-16)10-13-20(26)25-19-14-24-18-7-5-4-6-17(18)21(19)23/h4-14H,1-3H3,(H,25,26). The van der Waals surface area contributed by atoms with E-state index in [1.807, 2.05) is 36.4 Å². The molecule has 0 atom stereocenters. The van der Waals surface area contributed by atoms with Gasteiger partial charge in [-0.15, -0.1) is 0 Å². The van der Waals surface area contributed by atoms with Crippen molar-refractivity contribution in [3.8, 4) is 0 Å². The van der Waals surface area contributed by atoms with Crippen molar-refractivity contribution in [2.45, 2.75) is 26.2 Å². The van der Waals surface area contributed by atoms with E-state index < -0.39 is 0 Å². The van der Waals surface area contributed by atoms with Crippen molar-refractivity contribution >= 4 is 40.2 Å². The highest BCUT2D eigenvalue weighted by atomic mass is 35.5. The van der Waals surface area contributed by atoms with Crippen molar-refractivity contribution in [3.63, 3.8) is 0 Å². The largest absolute Gasteiger partial charge is 0.320 e. The third-order valence-electron chi connectivity index (χ3n) is 4.17. The second-order valence-corrected chi connectivity index (χ2v) is 7.58. The Kier molecular flexibility index (Phi) is 5.10. The number of benzene rings is 2. The first-order valence-electron chi connectivity index (χ1n) is 8.47. The number of hydrogen-bond acceptors (Lipinski definition) is 2. The third kappa shape index (κ3) is 4.12. The molecule has 0 spiro atoms. The molecule has 0 aliphatic heterocycles. The predicted molar refractivity (Wildman–Crippen MR) is 110 cm³/mol. The predicted octanol–water partition coefficient (Wildman–Crippen LogP) is 5.84. The summed E-state index contributed by atoms with van der Waals surface area (Å²) in [5, 5.41) is 4.09. The number of fused-ring (bicyclic) bond motifs is 1. The van der Waals surface area contributed by atoms with E-state index in [1.165, 1.54) is 11.6 Å². The average Bonchev–Trinajstić information content (AvgIpc) is 2.62. The van der Waals surface area contributed by atoms with Gasteiger partial charge in [0.25, 0.3) is 0 Å². The molecule has 1 amide bonds. The van der Waals surface area contributed by atoms with E-state index in [4.69, 9.17) is 11.6 Å². The van der Waals surface area contributed by atoms with Crippen LogP contribution in [0.1, 0.15) is 31.9 Å². The van der Waals surface area contributed by atoms with E-state index in [0.717, 1.165) is 16.5 Å². The van der Waals surface area contributed by atoms with Crippen LogP contribution in [0.4, 0.5) is 5.69 Å². The van der Waals surface area contributed by atoms with Crippen molar-refractivity contribution in [3.05, 3.63) is 77.0 Å². The number of carbonyl (C=O) groups is 1. The molecule has 4 heteroatoms. The van der Waals surface area contributed by atoms with Crippen LogP contribution in [0.2, 0.25) is 5.02 Å². The van der Waals surface area contributed by atoms with Crippen LogP contribution in [-0.4, -0.2) is 10.9 Å². The monoisotopic (exact) mass is 364 g/mol. The average molecular weight is 365 g/mol. The number of rotatable bonds is 3. The summed E-state index contributed by atoms with van der Waals surface area (Å²) in [5.74, 6) is -0.246. The zero-order chi connectivity index (χ0) is 18.7. The minimum absolute atomic E-state index is 0.111. The van der Waals surface area contributed by atoms with Crippen LogP contribution >= 0.6 is 11.6 Å². The Hall–Kier alpha value is -2.65. The number of carbonyl (C=O) groups excluding carboxylic acids is 1. The number of pyridine rings is 1. The highest BCUT2D eigenvalue weighted by Gasteiger charge is 2.12. The van der Waals surface area contributed by atoms with Crippen molar-refractivity contribution in [2.24, 2.45) is 0 Å². The van der Waals surface area contributed by atoms with Gasteiger partial charge in [-0.3, -0.25) is 9.78 Å². The summed E-state index contributed by atoms with van der Waals surface area (Å²) in [4.78, 5) is 16.5. The molecule has 0 saturated carbocycles. The molecule has 3 nitrogen and oxygen atoms in total. The van der Waals surface area contributed by atoms with E-state index in [-0.39, 0.29) is 11.3 Å². The summed E-state index contributed by atoms with van der Waals surface area (Å²) in [6.45, 7) is 6.52. The van der Waals surface area contributed by atoms with E-state index in [9.17, 15) is 4.79 Å². The minimum Gasteiger partial charge on any atom is -0.320 e. The van der Waals surface area contributed by atoms with Gasteiger partial charge in [0.1, 0.15) is 0 Å². The molecule has 26 heavy (non-hydrogen) atoms. The molecule has 0 bridgehead atoms. The summed E-state index contributed by atoms with van der Waals surface area (Å²) >= 11 is 6.38. The Morgan fingerprint density at radius 1 is 1.08 bits per heavy atom. The fourth-order valence-electron chi connectivity index (χ4n) is 2.64. The number of nitrogens with one attached hydrogen (secondary N) is 1. The number of aromatic nitrogens is 1. The summed E-state index contributed by atoms with van der Waals surface area (Å²) in [6, 6.07) is 15.7. The van der Waals surface area contributed by atoms with Gasteiger partial charge in [0.2, 0.25) is 5.91 Å². The molecule has 1 heterocycles. The van der Waals surface area contributed by atoms with Crippen LogP contribution in [0.25, 0.3) is 17.0 Å². The molecule has 0 saturated heterocycles. The van der Waals surface area contributed by atoms with Gasteiger partial charge in [-0.1, -0.05) is 74.8 Å². The Bertz CT molecular complexity index is 970.